The Bertz CT molecular complexity index is 1400. The maximum atomic E-state index is 14.3. The number of hydrogen-bond acceptors (Lipinski definition) is 6. The average Bonchev–Trinajstić information content (AvgIpc) is 2.81. The van der Waals surface area contributed by atoms with Crippen molar-refractivity contribution >= 4 is 16.7 Å². The molecule has 0 bridgehead atoms. The molecule has 0 unspecified atom stereocenters. The number of carbonyl (C=O) groups excluding carboxylic acids is 1. The van der Waals surface area contributed by atoms with E-state index in [2.05, 4.69) is 5.10 Å². The first-order valence-electron chi connectivity index (χ1n) is 9.87. The second kappa shape index (κ2) is 7.90. The Labute approximate surface area is 181 Å². The van der Waals surface area contributed by atoms with E-state index < -0.39 is 23.6 Å². The predicted octanol–water partition coefficient (Wildman–Crippen LogP) is 2.56. The van der Waals surface area contributed by atoms with E-state index in [0.717, 1.165) is 10.2 Å². The fraction of sp³-hybridized carbons (Fsp3) is 0.125. The first kappa shape index (κ1) is 19.9. The molecule has 0 radical (unpaired) electrons. The Kier molecular flexibility index (Phi) is 4.91. The molecular weight excluding hydrogens is 415 g/mol. The molecule has 32 heavy (non-hydrogen) atoms. The number of fused-ring (bicyclic) bond motifs is 2. The van der Waals surface area contributed by atoms with Crippen molar-refractivity contribution in [2.24, 2.45) is 0 Å². The van der Waals surface area contributed by atoms with Crippen molar-refractivity contribution in [1.29, 1.82) is 0 Å². The SMILES string of the molecule is O=C([O-])c1nn(Cc2cc(F)cc3c2O[C@@H](c2ccccc2)OC3)c(=O)c2ccccc12. The lowest BCUT2D eigenvalue weighted by molar-refractivity contribution is -0.255. The molecular formula is C24H16FN2O5-. The summed E-state index contributed by atoms with van der Waals surface area (Å²) in [6.45, 7) is -0.0739. The smallest absolute Gasteiger partial charge is 0.274 e. The monoisotopic (exact) mass is 431 g/mol. The predicted molar refractivity (Wildman–Crippen MR) is 110 cm³/mol. The Balaban J connectivity index is 1.60. The van der Waals surface area contributed by atoms with E-state index in [0.29, 0.717) is 16.9 Å². The molecule has 0 N–H and O–H groups in total. The molecule has 0 amide bonds. The second-order valence-corrected chi connectivity index (χ2v) is 7.37. The zero-order valence-corrected chi connectivity index (χ0v) is 16.7. The van der Waals surface area contributed by atoms with Crippen LogP contribution >= 0.6 is 0 Å². The van der Waals surface area contributed by atoms with Gasteiger partial charge < -0.3 is 19.4 Å². The van der Waals surface area contributed by atoms with Gasteiger partial charge in [-0.25, -0.2) is 9.07 Å². The van der Waals surface area contributed by atoms with Crippen LogP contribution in [0.2, 0.25) is 0 Å². The molecule has 0 aliphatic carbocycles. The minimum atomic E-state index is -1.51. The van der Waals surface area contributed by atoms with E-state index in [1.807, 2.05) is 30.3 Å². The topological polar surface area (TPSA) is 93.5 Å². The lowest BCUT2D eigenvalue weighted by Crippen LogP contribution is -2.31. The summed E-state index contributed by atoms with van der Waals surface area (Å²) in [4.78, 5) is 24.6. The van der Waals surface area contributed by atoms with Crippen LogP contribution in [-0.4, -0.2) is 15.7 Å². The van der Waals surface area contributed by atoms with Gasteiger partial charge in [0.1, 0.15) is 17.3 Å². The van der Waals surface area contributed by atoms with Crippen LogP contribution in [0, 0.1) is 5.82 Å². The van der Waals surface area contributed by atoms with Gasteiger partial charge in [0.25, 0.3) is 5.56 Å². The molecule has 8 heteroatoms. The molecule has 0 fully saturated rings. The number of ether oxygens (including phenoxy) is 2. The summed E-state index contributed by atoms with van der Waals surface area (Å²) in [5, 5.41) is 16.0. The Morgan fingerprint density at radius 1 is 1.09 bits per heavy atom. The van der Waals surface area contributed by atoms with E-state index in [4.69, 9.17) is 9.47 Å². The second-order valence-electron chi connectivity index (χ2n) is 7.37. The van der Waals surface area contributed by atoms with Gasteiger partial charge in [-0.15, -0.1) is 0 Å². The molecule has 160 valence electrons. The van der Waals surface area contributed by atoms with Gasteiger partial charge in [0.05, 0.1) is 24.5 Å². The molecule has 5 rings (SSSR count). The molecule has 4 aromatic rings. The maximum Gasteiger partial charge on any atom is 0.274 e. The third-order valence-electron chi connectivity index (χ3n) is 5.28. The molecule has 0 spiro atoms. The number of halogens is 1. The van der Waals surface area contributed by atoms with E-state index in [1.54, 1.807) is 12.1 Å². The van der Waals surface area contributed by atoms with Crippen LogP contribution in [0.15, 0.2) is 71.5 Å². The van der Waals surface area contributed by atoms with Crippen molar-refractivity contribution in [2.75, 3.05) is 0 Å². The molecule has 7 nitrogen and oxygen atoms in total. The average molecular weight is 431 g/mol. The van der Waals surface area contributed by atoms with E-state index in [9.17, 15) is 19.1 Å². The number of carbonyl (C=O) groups is 1. The van der Waals surface area contributed by atoms with Crippen molar-refractivity contribution in [3.05, 3.63) is 105 Å². The van der Waals surface area contributed by atoms with Gasteiger partial charge in [0.2, 0.25) is 6.29 Å². The van der Waals surface area contributed by atoms with Gasteiger partial charge in [-0.05, 0) is 18.2 Å². The molecule has 3 aromatic carbocycles. The van der Waals surface area contributed by atoms with Crippen LogP contribution in [0.4, 0.5) is 4.39 Å². The fourth-order valence-electron chi connectivity index (χ4n) is 3.82. The largest absolute Gasteiger partial charge is 0.543 e. The lowest BCUT2D eigenvalue weighted by atomic mass is 10.1. The summed E-state index contributed by atoms with van der Waals surface area (Å²) in [6, 6.07) is 18.1. The highest BCUT2D eigenvalue weighted by Crippen LogP contribution is 2.36. The molecule has 2 heterocycles. The highest BCUT2D eigenvalue weighted by Gasteiger charge is 2.26. The standard InChI is InChI=1S/C24H17FN2O5/c25-17-10-15(21-16(11-17)13-31-24(32-21)14-6-2-1-3-7-14)12-27-22(28)19-9-5-4-8-18(19)20(26-27)23(29)30/h1-11,24H,12-13H2,(H,29,30)/p-1/t24-/m0/s1. The van der Waals surface area contributed by atoms with E-state index >= 15 is 0 Å². The highest BCUT2D eigenvalue weighted by molar-refractivity contribution is 6.00. The van der Waals surface area contributed by atoms with Crippen LogP contribution in [0.5, 0.6) is 5.75 Å². The number of hydrogen-bond donors (Lipinski definition) is 0. The van der Waals surface area contributed by atoms with Gasteiger partial charge in [0, 0.05) is 22.1 Å². The van der Waals surface area contributed by atoms with Crippen molar-refractivity contribution in [1.82, 2.24) is 9.78 Å². The minimum Gasteiger partial charge on any atom is -0.543 e. The number of carboxylic acid groups (broad SMARTS) is 1. The van der Waals surface area contributed by atoms with Gasteiger partial charge >= 0.3 is 0 Å². The van der Waals surface area contributed by atoms with Crippen molar-refractivity contribution in [2.45, 2.75) is 19.4 Å². The Morgan fingerprint density at radius 3 is 2.56 bits per heavy atom. The quantitative estimate of drug-likeness (QED) is 0.493. The van der Waals surface area contributed by atoms with Crippen LogP contribution in [0.1, 0.15) is 33.5 Å². The van der Waals surface area contributed by atoms with Crippen molar-refractivity contribution in [3.63, 3.8) is 0 Å². The zero-order chi connectivity index (χ0) is 22.2. The van der Waals surface area contributed by atoms with Gasteiger partial charge in [0.15, 0.2) is 0 Å². The highest BCUT2D eigenvalue weighted by atomic mass is 19.1. The molecule has 0 saturated carbocycles. The first-order valence-corrected chi connectivity index (χ1v) is 9.87. The van der Waals surface area contributed by atoms with Gasteiger partial charge in [-0.3, -0.25) is 4.79 Å². The van der Waals surface area contributed by atoms with Crippen molar-refractivity contribution in [3.8, 4) is 5.75 Å². The molecule has 1 aromatic heterocycles. The Morgan fingerprint density at radius 2 is 1.81 bits per heavy atom. The van der Waals surface area contributed by atoms with E-state index in [-0.39, 0.29) is 29.6 Å². The molecule has 1 aliphatic heterocycles. The summed E-state index contributed by atoms with van der Waals surface area (Å²) in [5.41, 5.74) is 0.750. The summed E-state index contributed by atoms with van der Waals surface area (Å²) in [7, 11) is 0. The summed E-state index contributed by atoms with van der Waals surface area (Å²) >= 11 is 0. The van der Waals surface area contributed by atoms with Crippen LogP contribution < -0.4 is 15.4 Å². The van der Waals surface area contributed by atoms with Gasteiger partial charge in [-0.2, -0.15) is 5.10 Å². The molecule has 1 atom stereocenters. The van der Waals surface area contributed by atoms with Crippen molar-refractivity contribution < 1.29 is 23.8 Å². The maximum absolute atomic E-state index is 14.3. The fourth-order valence-corrected chi connectivity index (χ4v) is 3.82. The molecule has 1 aliphatic rings. The Hall–Kier alpha value is -4.04. The number of aromatic carboxylic acids is 1. The van der Waals surface area contributed by atoms with E-state index in [1.165, 1.54) is 24.3 Å². The summed E-state index contributed by atoms with van der Waals surface area (Å²) in [5.74, 6) is -1.66. The number of carboxylic acids is 1. The van der Waals surface area contributed by atoms with Crippen LogP contribution in [0.25, 0.3) is 10.8 Å². The summed E-state index contributed by atoms with van der Waals surface area (Å²) in [6.07, 6.45) is -0.701. The minimum absolute atomic E-state index is 0.115. The number of nitrogens with zero attached hydrogens (tertiary/aromatic N) is 2. The number of aromatic nitrogens is 2. The number of benzene rings is 3. The molecule has 0 saturated heterocycles. The third-order valence-corrected chi connectivity index (χ3v) is 5.28. The number of rotatable bonds is 4. The summed E-state index contributed by atoms with van der Waals surface area (Å²) < 4.78 is 27.0. The van der Waals surface area contributed by atoms with Crippen LogP contribution in [-0.2, 0) is 17.9 Å². The van der Waals surface area contributed by atoms with Crippen LogP contribution in [0.3, 0.4) is 0 Å². The van der Waals surface area contributed by atoms with Gasteiger partial charge in [-0.1, -0.05) is 48.5 Å². The lowest BCUT2D eigenvalue weighted by Gasteiger charge is -2.28. The first-order chi connectivity index (χ1) is 15.5. The normalized spacial score (nSPS) is 15.2. The zero-order valence-electron chi connectivity index (χ0n) is 16.7. The third kappa shape index (κ3) is 3.50.